The molecule has 1 aliphatic heterocycles. The van der Waals surface area contributed by atoms with Crippen LogP contribution in [-0.2, 0) is 22.5 Å². The molecule has 1 aliphatic rings. The Morgan fingerprint density at radius 2 is 1.89 bits per heavy atom. The van der Waals surface area contributed by atoms with Crippen molar-refractivity contribution in [3.63, 3.8) is 0 Å². The summed E-state index contributed by atoms with van der Waals surface area (Å²) in [6.07, 6.45) is 3.27. The van der Waals surface area contributed by atoms with E-state index < -0.39 is 0 Å². The van der Waals surface area contributed by atoms with Gasteiger partial charge in [0, 0.05) is 52.9 Å². The Bertz CT molecular complexity index is 631. The van der Waals surface area contributed by atoms with Crippen LogP contribution in [0.2, 0.25) is 0 Å². The van der Waals surface area contributed by atoms with Crippen molar-refractivity contribution < 1.29 is 9.53 Å². The number of carbonyl (C=O) groups excluding carboxylic acids is 1. The first-order chi connectivity index (χ1) is 13.6. The molecular weight excluding hydrogens is 352 g/mol. The number of aliphatic imine (C=N–C) groups is 1. The highest BCUT2D eigenvalue weighted by molar-refractivity contribution is 5.80. The molecule has 156 valence electrons. The molecule has 0 spiro atoms. The zero-order chi connectivity index (χ0) is 20.2. The van der Waals surface area contributed by atoms with E-state index in [-0.39, 0.29) is 5.91 Å². The zero-order valence-corrected chi connectivity index (χ0v) is 17.7. The minimum Gasteiger partial charge on any atom is -0.381 e. The Labute approximate surface area is 169 Å². The topological polar surface area (TPSA) is 66.0 Å². The molecular formula is C22H36N4O2. The van der Waals surface area contributed by atoms with E-state index >= 15 is 0 Å². The standard InChI is InChI=1S/C22H36N4O2/c1-18(2)17-28-15-7-13-25-22(23-3)24-12-6-10-21(27)26-14-11-19-8-4-5-9-20(19)16-26/h4-5,8-9,18H,6-7,10-17H2,1-3H3,(H2,23,24,25). The first kappa shape index (κ1) is 22.2. The van der Waals surface area contributed by atoms with Gasteiger partial charge in [-0.15, -0.1) is 0 Å². The maximum absolute atomic E-state index is 12.5. The van der Waals surface area contributed by atoms with Gasteiger partial charge >= 0.3 is 0 Å². The zero-order valence-electron chi connectivity index (χ0n) is 17.7. The van der Waals surface area contributed by atoms with E-state index in [1.54, 1.807) is 7.05 Å². The van der Waals surface area contributed by atoms with E-state index in [2.05, 4.69) is 47.7 Å². The lowest BCUT2D eigenvalue weighted by atomic mass is 9.99. The summed E-state index contributed by atoms with van der Waals surface area (Å²) < 4.78 is 5.57. The largest absolute Gasteiger partial charge is 0.381 e. The van der Waals surface area contributed by atoms with Crippen molar-refractivity contribution in [2.45, 2.75) is 46.1 Å². The number of hydrogen-bond donors (Lipinski definition) is 2. The predicted octanol–water partition coefficient (Wildman–Crippen LogP) is 2.58. The van der Waals surface area contributed by atoms with Gasteiger partial charge in [-0.25, -0.2) is 0 Å². The van der Waals surface area contributed by atoms with Crippen molar-refractivity contribution in [1.82, 2.24) is 15.5 Å². The molecule has 0 saturated heterocycles. The van der Waals surface area contributed by atoms with Gasteiger partial charge in [0.2, 0.25) is 5.91 Å². The summed E-state index contributed by atoms with van der Waals surface area (Å²) in [6.45, 7) is 9.00. The van der Waals surface area contributed by atoms with Gasteiger partial charge in [0.1, 0.15) is 0 Å². The van der Waals surface area contributed by atoms with Crippen molar-refractivity contribution in [2.24, 2.45) is 10.9 Å². The Kier molecular flexibility index (Phi) is 9.83. The Morgan fingerprint density at radius 3 is 2.61 bits per heavy atom. The summed E-state index contributed by atoms with van der Waals surface area (Å²) in [5.41, 5.74) is 2.65. The summed E-state index contributed by atoms with van der Waals surface area (Å²) in [4.78, 5) is 18.7. The summed E-state index contributed by atoms with van der Waals surface area (Å²) in [5, 5.41) is 6.56. The van der Waals surface area contributed by atoms with Gasteiger partial charge < -0.3 is 20.3 Å². The average Bonchev–Trinajstić information content (AvgIpc) is 2.71. The summed E-state index contributed by atoms with van der Waals surface area (Å²) >= 11 is 0. The molecule has 0 fully saturated rings. The number of amides is 1. The van der Waals surface area contributed by atoms with Crippen molar-refractivity contribution >= 4 is 11.9 Å². The minimum absolute atomic E-state index is 0.238. The third-order valence-corrected chi connectivity index (χ3v) is 4.78. The number of hydrogen-bond acceptors (Lipinski definition) is 3. The molecule has 2 rings (SSSR count). The number of benzene rings is 1. The van der Waals surface area contributed by atoms with Gasteiger partial charge in [0.05, 0.1) is 0 Å². The van der Waals surface area contributed by atoms with Crippen LogP contribution in [0.15, 0.2) is 29.3 Å². The van der Waals surface area contributed by atoms with Crippen molar-refractivity contribution in [1.29, 1.82) is 0 Å². The molecule has 1 amide bonds. The summed E-state index contributed by atoms with van der Waals surface area (Å²) in [5.74, 6) is 1.59. The van der Waals surface area contributed by atoms with Crippen LogP contribution in [0.3, 0.4) is 0 Å². The number of nitrogens with one attached hydrogen (secondary N) is 2. The van der Waals surface area contributed by atoms with E-state index in [1.165, 1.54) is 11.1 Å². The number of nitrogens with zero attached hydrogens (tertiary/aromatic N) is 2. The van der Waals surface area contributed by atoms with Crippen LogP contribution in [0.1, 0.15) is 44.2 Å². The number of guanidine groups is 1. The van der Waals surface area contributed by atoms with Crippen LogP contribution >= 0.6 is 0 Å². The fourth-order valence-corrected chi connectivity index (χ4v) is 3.23. The predicted molar refractivity (Wildman–Crippen MR) is 114 cm³/mol. The highest BCUT2D eigenvalue weighted by Crippen LogP contribution is 2.19. The van der Waals surface area contributed by atoms with Crippen LogP contribution in [0.4, 0.5) is 0 Å². The molecule has 0 saturated carbocycles. The lowest BCUT2D eigenvalue weighted by Crippen LogP contribution is -2.39. The SMILES string of the molecule is CN=C(NCCCOCC(C)C)NCCCC(=O)N1CCc2ccccc2C1. The maximum atomic E-state index is 12.5. The molecule has 0 aliphatic carbocycles. The number of carbonyl (C=O) groups is 1. The van der Waals surface area contributed by atoms with Gasteiger partial charge in [0.25, 0.3) is 0 Å². The second-order valence-electron chi connectivity index (χ2n) is 7.69. The third-order valence-electron chi connectivity index (χ3n) is 4.78. The van der Waals surface area contributed by atoms with Gasteiger partial charge in [0.15, 0.2) is 5.96 Å². The van der Waals surface area contributed by atoms with Crippen LogP contribution in [0.5, 0.6) is 0 Å². The molecule has 6 heteroatoms. The molecule has 0 bridgehead atoms. The van der Waals surface area contributed by atoms with Crippen LogP contribution in [0, 0.1) is 5.92 Å². The monoisotopic (exact) mass is 388 g/mol. The molecule has 0 unspecified atom stereocenters. The fourth-order valence-electron chi connectivity index (χ4n) is 3.23. The molecule has 1 aromatic rings. The molecule has 0 atom stereocenters. The third kappa shape index (κ3) is 7.89. The molecule has 6 nitrogen and oxygen atoms in total. The van der Waals surface area contributed by atoms with Crippen molar-refractivity contribution in [3.05, 3.63) is 35.4 Å². The smallest absolute Gasteiger partial charge is 0.222 e. The quantitative estimate of drug-likeness (QED) is 0.367. The first-order valence-corrected chi connectivity index (χ1v) is 10.5. The Hall–Kier alpha value is -2.08. The molecule has 1 heterocycles. The van der Waals surface area contributed by atoms with Crippen LogP contribution in [-0.4, -0.2) is 56.7 Å². The van der Waals surface area contributed by atoms with E-state index in [0.29, 0.717) is 12.3 Å². The van der Waals surface area contributed by atoms with E-state index in [9.17, 15) is 4.79 Å². The Balaban J connectivity index is 1.56. The highest BCUT2D eigenvalue weighted by Gasteiger charge is 2.19. The van der Waals surface area contributed by atoms with E-state index in [4.69, 9.17) is 4.74 Å². The minimum atomic E-state index is 0.238. The molecule has 2 N–H and O–H groups in total. The number of fused-ring (bicyclic) bond motifs is 1. The molecule has 1 aromatic carbocycles. The van der Waals surface area contributed by atoms with Gasteiger partial charge in [-0.2, -0.15) is 0 Å². The maximum Gasteiger partial charge on any atom is 0.222 e. The number of rotatable bonds is 10. The normalized spacial score (nSPS) is 14.1. The van der Waals surface area contributed by atoms with Crippen molar-refractivity contribution in [2.75, 3.05) is 39.9 Å². The fraction of sp³-hybridized carbons (Fsp3) is 0.636. The van der Waals surface area contributed by atoms with Gasteiger partial charge in [-0.1, -0.05) is 38.1 Å². The van der Waals surface area contributed by atoms with Crippen LogP contribution < -0.4 is 10.6 Å². The second-order valence-corrected chi connectivity index (χ2v) is 7.69. The number of ether oxygens (including phenoxy) is 1. The van der Waals surface area contributed by atoms with Gasteiger partial charge in [-0.3, -0.25) is 9.79 Å². The van der Waals surface area contributed by atoms with E-state index in [1.807, 2.05) is 11.0 Å². The molecule has 28 heavy (non-hydrogen) atoms. The van der Waals surface area contributed by atoms with Gasteiger partial charge in [-0.05, 0) is 36.3 Å². The average molecular weight is 389 g/mol. The lowest BCUT2D eigenvalue weighted by molar-refractivity contribution is -0.132. The Morgan fingerprint density at radius 1 is 1.18 bits per heavy atom. The van der Waals surface area contributed by atoms with Crippen molar-refractivity contribution in [3.8, 4) is 0 Å². The highest BCUT2D eigenvalue weighted by atomic mass is 16.5. The summed E-state index contributed by atoms with van der Waals surface area (Å²) in [6, 6.07) is 8.41. The van der Waals surface area contributed by atoms with E-state index in [0.717, 1.165) is 64.6 Å². The second kappa shape index (κ2) is 12.4. The first-order valence-electron chi connectivity index (χ1n) is 10.5. The summed E-state index contributed by atoms with van der Waals surface area (Å²) in [7, 11) is 1.76. The molecule has 0 aromatic heterocycles. The molecule has 0 radical (unpaired) electrons. The van der Waals surface area contributed by atoms with Crippen LogP contribution in [0.25, 0.3) is 0 Å². The lowest BCUT2D eigenvalue weighted by Gasteiger charge is -2.29.